The van der Waals surface area contributed by atoms with Crippen LogP contribution < -0.4 is 16.2 Å². The van der Waals surface area contributed by atoms with Crippen LogP contribution in [0.4, 0.5) is 11.6 Å². The van der Waals surface area contributed by atoms with Crippen LogP contribution in [0.5, 0.6) is 0 Å². The number of aromatic nitrogens is 4. The van der Waals surface area contributed by atoms with Gasteiger partial charge in [0.2, 0.25) is 5.95 Å². The van der Waals surface area contributed by atoms with E-state index in [9.17, 15) is 9.59 Å². The van der Waals surface area contributed by atoms with E-state index in [1.54, 1.807) is 12.1 Å². The molecule has 0 aliphatic rings. The lowest BCUT2D eigenvalue weighted by atomic mass is 10.1. The standard InChI is InChI=1S/C20H18N6O2/c1-12-5-7-14(8-6-12)18(27)24-15-4-2-3-13(9-15)10-21-20-25-17-16(19(28)26-20)22-11-23-17/h2-9,11H,10H2,1H3,(H,24,27)(H3,21,22,23,25,26,28). The predicted molar refractivity (Wildman–Crippen MR) is 107 cm³/mol. The number of aryl methyl sites for hydroxylation is 1. The van der Waals surface area contributed by atoms with Crippen molar-refractivity contribution >= 4 is 28.7 Å². The summed E-state index contributed by atoms with van der Waals surface area (Å²) in [5.74, 6) is 0.166. The third kappa shape index (κ3) is 3.75. The zero-order valence-corrected chi connectivity index (χ0v) is 15.1. The molecule has 2 heterocycles. The lowest BCUT2D eigenvalue weighted by Gasteiger charge is -2.09. The van der Waals surface area contributed by atoms with E-state index in [0.717, 1.165) is 11.1 Å². The van der Waals surface area contributed by atoms with Crippen LogP contribution in [0.25, 0.3) is 11.2 Å². The molecule has 0 saturated heterocycles. The minimum absolute atomic E-state index is 0.167. The minimum atomic E-state index is -0.288. The summed E-state index contributed by atoms with van der Waals surface area (Å²) in [7, 11) is 0. The first-order valence-electron chi connectivity index (χ1n) is 8.73. The van der Waals surface area contributed by atoms with Crippen molar-refractivity contribution in [3.63, 3.8) is 0 Å². The maximum absolute atomic E-state index is 12.4. The Balaban J connectivity index is 1.45. The molecular formula is C20H18N6O2. The number of imidazole rings is 1. The number of hydrogen-bond acceptors (Lipinski definition) is 5. The molecule has 0 unspecified atom stereocenters. The molecule has 0 atom stereocenters. The highest BCUT2D eigenvalue weighted by atomic mass is 16.1. The van der Waals surface area contributed by atoms with Crippen molar-refractivity contribution in [1.82, 2.24) is 19.9 Å². The molecule has 0 aliphatic heterocycles. The zero-order chi connectivity index (χ0) is 19.5. The second-order valence-electron chi connectivity index (χ2n) is 6.39. The highest BCUT2D eigenvalue weighted by Crippen LogP contribution is 2.14. The van der Waals surface area contributed by atoms with Gasteiger partial charge in [0.1, 0.15) is 0 Å². The largest absolute Gasteiger partial charge is 0.352 e. The van der Waals surface area contributed by atoms with Crippen LogP contribution in [-0.2, 0) is 6.54 Å². The van der Waals surface area contributed by atoms with Crippen LogP contribution >= 0.6 is 0 Å². The van der Waals surface area contributed by atoms with E-state index in [-0.39, 0.29) is 11.5 Å². The van der Waals surface area contributed by atoms with Crippen molar-refractivity contribution in [1.29, 1.82) is 0 Å². The van der Waals surface area contributed by atoms with Crippen molar-refractivity contribution in [2.75, 3.05) is 10.6 Å². The first-order chi connectivity index (χ1) is 13.6. The Morgan fingerprint density at radius 1 is 1.14 bits per heavy atom. The van der Waals surface area contributed by atoms with E-state index < -0.39 is 0 Å². The summed E-state index contributed by atoms with van der Waals surface area (Å²) in [4.78, 5) is 38.0. The van der Waals surface area contributed by atoms with Crippen LogP contribution in [0.2, 0.25) is 0 Å². The van der Waals surface area contributed by atoms with E-state index in [2.05, 4.69) is 30.6 Å². The van der Waals surface area contributed by atoms with Crippen molar-refractivity contribution in [2.45, 2.75) is 13.5 Å². The fourth-order valence-corrected chi connectivity index (χ4v) is 2.78. The summed E-state index contributed by atoms with van der Waals surface area (Å²) in [6.45, 7) is 2.40. The molecule has 8 heteroatoms. The molecule has 0 radical (unpaired) electrons. The topological polar surface area (TPSA) is 116 Å². The summed E-state index contributed by atoms with van der Waals surface area (Å²) in [5, 5.41) is 5.96. The van der Waals surface area contributed by atoms with Crippen LogP contribution in [0.1, 0.15) is 21.5 Å². The summed E-state index contributed by atoms with van der Waals surface area (Å²) in [6.07, 6.45) is 1.43. The van der Waals surface area contributed by atoms with Gasteiger partial charge in [0.25, 0.3) is 11.5 Å². The first-order valence-corrected chi connectivity index (χ1v) is 8.73. The number of nitrogens with zero attached hydrogens (tertiary/aromatic N) is 2. The Labute approximate surface area is 160 Å². The molecule has 2 aromatic heterocycles. The molecule has 0 aliphatic carbocycles. The van der Waals surface area contributed by atoms with E-state index in [4.69, 9.17) is 0 Å². The number of anilines is 2. The predicted octanol–water partition coefficient (Wildman–Crippen LogP) is 2.82. The molecule has 2 aromatic carbocycles. The summed E-state index contributed by atoms with van der Waals surface area (Å²) in [5.41, 5.74) is 3.72. The fraction of sp³-hybridized carbons (Fsp3) is 0.100. The van der Waals surface area contributed by atoms with Crippen LogP contribution in [0.3, 0.4) is 0 Å². The molecule has 140 valence electrons. The average molecular weight is 374 g/mol. The number of rotatable bonds is 5. The van der Waals surface area contributed by atoms with Gasteiger partial charge in [-0.15, -0.1) is 0 Å². The monoisotopic (exact) mass is 374 g/mol. The lowest BCUT2D eigenvalue weighted by Crippen LogP contribution is -2.14. The highest BCUT2D eigenvalue weighted by Gasteiger charge is 2.08. The number of amides is 1. The number of aromatic amines is 2. The molecular weight excluding hydrogens is 356 g/mol. The van der Waals surface area contributed by atoms with Gasteiger partial charge in [-0.05, 0) is 36.8 Å². The highest BCUT2D eigenvalue weighted by molar-refractivity contribution is 6.04. The van der Waals surface area contributed by atoms with Crippen molar-refractivity contribution < 1.29 is 4.79 Å². The number of carbonyl (C=O) groups excluding carboxylic acids is 1. The quantitative estimate of drug-likeness (QED) is 0.429. The smallest absolute Gasteiger partial charge is 0.278 e. The number of carbonyl (C=O) groups is 1. The van der Waals surface area contributed by atoms with Gasteiger partial charge in [-0.1, -0.05) is 29.8 Å². The molecule has 28 heavy (non-hydrogen) atoms. The molecule has 4 aromatic rings. The maximum atomic E-state index is 12.4. The van der Waals surface area contributed by atoms with E-state index in [0.29, 0.717) is 34.9 Å². The zero-order valence-electron chi connectivity index (χ0n) is 15.1. The van der Waals surface area contributed by atoms with Crippen molar-refractivity contribution in [2.24, 2.45) is 0 Å². The first kappa shape index (κ1) is 17.5. The third-order valence-electron chi connectivity index (χ3n) is 4.25. The normalized spacial score (nSPS) is 10.8. The Morgan fingerprint density at radius 2 is 1.96 bits per heavy atom. The van der Waals surface area contributed by atoms with Gasteiger partial charge >= 0.3 is 0 Å². The van der Waals surface area contributed by atoms with Gasteiger partial charge < -0.3 is 15.6 Å². The molecule has 1 amide bonds. The average Bonchev–Trinajstić information content (AvgIpc) is 3.16. The van der Waals surface area contributed by atoms with Gasteiger partial charge in [-0.25, -0.2) is 4.98 Å². The number of hydrogen-bond donors (Lipinski definition) is 4. The minimum Gasteiger partial charge on any atom is -0.352 e. The summed E-state index contributed by atoms with van der Waals surface area (Å²) >= 11 is 0. The Kier molecular flexibility index (Phi) is 4.59. The second kappa shape index (κ2) is 7.36. The van der Waals surface area contributed by atoms with Gasteiger partial charge in [0, 0.05) is 17.8 Å². The fourth-order valence-electron chi connectivity index (χ4n) is 2.78. The Hall–Kier alpha value is -3.94. The van der Waals surface area contributed by atoms with Crippen molar-refractivity contribution in [3.05, 3.63) is 81.9 Å². The van der Waals surface area contributed by atoms with Crippen LogP contribution in [0, 0.1) is 6.92 Å². The molecule has 4 rings (SSSR count). The molecule has 0 spiro atoms. The molecule has 8 nitrogen and oxygen atoms in total. The Morgan fingerprint density at radius 3 is 2.79 bits per heavy atom. The molecule has 0 fully saturated rings. The van der Waals surface area contributed by atoms with Crippen LogP contribution in [0.15, 0.2) is 59.7 Å². The van der Waals surface area contributed by atoms with Gasteiger partial charge in [0.15, 0.2) is 11.2 Å². The summed E-state index contributed by atoms with van der Waals surface area (Å²) in [6, 6.07) is 14.9. The third-order valence-corrected chi connectivity index (χ3v) is 4.25. The van der Waals surface area contributed by atoms with E-state index >= 15 is 0 Å². The number of H-pyrrole nitrogens is 2. The number of benzene rings is 2. The van der Waals surface area contributed by atoms with Gasteiger partial charge in [0.05, 0.1) is 6.33 Å². The lowest BCUT2D eigenvalue weighted by molar-refractivity contribution is 0.102. The van der Waals surface area contributed by atoms with Gasteiger partial charge in [-0.2, -0.15) is 4.98 Å². The van der Waals surface area contributed by atoms with Crippen molar-refractivity contribution in [3.8, 4) is 0 Å². The second-order valence-corrected chi connectivity index (χ2v) is 6.39. The molecule has 0 saturated carbocycles. The summed E-state index contributed by atoms with van der Waals surface area (Å²) < 4.78 is 0. The van der Waals surface area contributed by atoms with E-state index in [1.807, 2.05) is 43.3 Å². The maximum Gasteiger partial charge on any atom is 0.278 e. The number of nitrogens with one attached hydrogen (secondary N) is 4. The molecule has 4 N–H and O–H groups in total. The van der Waals surface area contributed by atoms with Gasteiger partial charge in [-0.3, -0.25) is 14.6 Å². The van der Waals surface area contributed by atoms with Crippen LogP contribution in [-0.4, -0.2) is 25.8 Å². The Bertz CT molecular complexity index is 1190. The number of fused-ring (bicyclic) bond motifs is 1. The molecule has 0 bridgehead atoms. The van der Waals surface area contributed by atoms with E-state index in [1.165, 1.54) is 6.33 Å². The SMILES string of the molecule is Cc1ccc(C(=O)Nc2cccc(CNc3nc4nc[nH]c4c(=O)[nH]3)c2)cc1.